The zero-order valence-corrected chi connectivity index (χ0v) is 14.1. The lowest BCUT2D eigenvalue weighted by atomic mass is 10.0. The largest absolute Gasteiger partial charge is 0.444 e. The van der Waals surface area contributed by atoms with Gasteiger partial charge in [0.15, 0.2) is 0 Å². The summed E-state index contributed by atoms with van der Waals surface area (Å²) >= 11 is 3.46. The summed E-state index contributed by atoms with van der Waals surface area (Å²) < 4.78 is 6.18. The van der Waals surface area contributed by atoms with Crippen LogP contribution in [-0.4, -0.2) is 18.2 Å². The zero-order valence-electron chi connectivity index (χ0n) is 12.5. The fourth-order valence-corrected chi connectivity index (χ4v) is 2.41. The van der Waals surface area contributed by atoms with Gasteiger partial charge in [0, 0.05) is 17.1 Å². The zero-order chi connectivity index (χ0) is 15.3. The van der Waals surface area contributed by atoms with Crippen LogP contribution in [0, 0.1) is 6.92 Å². The highest BCUT2D eigenvalue weighted by Gasteiger charge is 2.16. The van der Waals surface area contributed by atoms with E-state index in [1.807, 2.05) is 39.8 Å². The SMILES string of the molecule is Cc1cc(Br)cc(C(N)CCNC(=O)OC(C)(C)C)c1. The lowest BCUT2D eigenvalue weighted by molar-refractivity contribution is 0.0526. The van der Waals surface area contributed by atoms with Gasteiger partial charge in [-0.3, -0.25) is 0 Å². The molecule has 0 fully saturated rings. The van der Waals surface area contributed by atoms with E-state index in [-0.39, 0.29) is 6.04 Å². The van der Waals surface area contributed by atoms with Crippen molar-refractivity contribution in [2.24, 2.45) is 5.73 Å². The Kier molecular flexibility index (Phi) is 6.02. The van der Waals surface area contributed by atoms with E-state index in [1.165, 1.54) is 0 Å². The molecule has 20 heavy (non-hydrogen) atoms. The first kappa shape index (κ1) is 17.0. The van der Waals surface area contributed by atoms with E-state index in [9.17, 15) is 4.79 Å². The summed E-state index contributed by atoms with van der Waals surface area (Å²) in [6, 6.07) is 5.99. The highest BCUT2D eigenvalue weighted by molar-refractivity contribution is 9.10. The third kappa shape index (κ3) is 6.39. The number of amides is 1. The molecule has 0 aliphatic heterocycles. The molecule has 1 unspecified atom stereocenters. The minimum absolute atomic E-state index is 0.110. The lowest BCUT2D eigenvalue weighted by Crippen LogP contribution is -2.34. The maximum Gasteiger partial charge on any atom is 0.407 e. The molecule has 0 spiro atoms. The molecule has 1 atom stereocenters. The van der Waals surface area contributed by atoms with E-state index in [0.717, 1.165) is 15.6 Å². The molecule has 0 aliphatic rings. The Morgan fingerprint density at radius 1 is 1.40 bits per heavy atom. The fraction of sp³-hybridized carbons (Fsp3) is 0.533. The van der Waals surface area contributed by atoms with E-state index in [4.69, 9.17) is 10.5 Å². The minimum atomic E-state index is -0.479. The molecule has 3 N–H and O–H groups in total. The van der Waals surface area contributed by atoms with Crippen molar-refractivity contribution in [1.82, 2.24) is 5.32 Å². The molecule has 0 aromatic heterocycles. The molecule has 1 rings (SSSR count). The third-order valence-corrected chi connectivity index (χ3v) is 3.07. The summed E-state index contributed by atoms with van der Waals surface area (Å²) in [5.41, 5.74) is 7.87. The van der Waals surface area contributed by atoms with Crippen molar-refractivity contribution in [2.75, 3.05) is 6.54 Å². The number of benzene rings is 1. The van der Waals surface area contributed by atoms with Gasteiger partial charge in [-0.05, 0) is 57.4 Å². The third-order valence-electron chi connectivity index (χ3n) is 2.62. The Balaban J connectivity index is 2.44. The standard InChI is InChI=1S/C15H23BrN2O2/c1-10-7-11(9-12(16)8-10)13(17)5-6-18-14(19)20-15(2,3)4/h7-9,13H,5-6,17H2,1-4H3,(H,18,19). The van der Waals surface area contributed by atoms with Crippen LogP contribution in [0.2, 0.25) is 0 Å². The number of nitrogens with two attached hydrogens (primary N) is 1. The van der Waals surface area contributed by atoms with Crippen molar-refractivity contribution in [3.8, 4) is 0 Å². The van der Waals surface area contributed by atoms with Crippen LogP contribution in [0.4, 0.5) is 4.79 Å². The number of halogens is 1. The average Bonchev–Trinajstić information content (AvgIpc) is 2.24. The summed E-state index contributed by atoms with van der Waals surface area (Å²) in [4.78, 5) is 11.5. The summed E-state index contributed by atoms with van der Waals surface area (Å²) in [6.45, 7) is 8.02. The number of nitrogens with one attached hydrogen (secondary N) is 1. The highest BCUT2D eigenvalue weighted by atomic mass is 79.9. The Labute approximate surface area is 129 Å². The monoisotopic (exact) mass is 342 g/mol. The van der Waals surface area contributed by atoms with Crippen LogP contribution in [0.3, 0.4) is 0 Å². The second-order valence-electron chi connectivity index (χ2n) is 5.89. The summed E-state index contributed by atoms with van der Waals surface area (Å²) in [6.07, 6.45) is 0.255. The van der Waals surface area contributed by atoms with Gasteiger partial charge in [0.05, 0.1) is 0 Å². The number of aryl methyl sites for hydroxylation is 1. The second kappa shape index (κ2) is 7.09. The van der Waals surface area contributed by atoms with Crippen molar-refractivity contribution >= 4 is 22.0 Å². The van der Waals surface area contributed by atoms with Crippen molar-refractivity contribution in [2.45, 2.75) is 45.8 Å². The number of carbonyl (C=O) groups excluding carboxylic acids is 1. The molecule has 0 aliphatic carbocycles. The number of alkyl carbamates (subject to hydrolysis) is 1. The Bertz CT molecular complexity index is 449. The van der Waals surface area contributed by atoms with E-state index in [2.05, 4.69) is 27.3 Å². The molecule has 112 valence electrons. The van der Waals surface area contributed by atoms with Crippen molar-refractivity contribution in [1.29, 1.82) is 0 Å². The molecule has 0 saturated carbocycles. The summed E-state index contributed by atoms with van der Waals surface area (Å²) in [5, 5.41) is 2.72. The first-order valence-corrected chi connectivity index (χ1v) is 7.46. The Hall–Kier alpha value is -1.07. The van der Waals surface area contributed by atoms with E-state index >= 15 is 0 Å². The van der Waals surface area contributed by atoms with Crippen LogP contribution in [0.25, 0.3) is 0 Å². The van der Waals surface area contributed by atoms with Crippen LogP contribution < -0.4 is 11.1 Å². The van der Waals surface area contributed by atoms with Crippen LogP contribution in [-0.2, 0) is 4.74 Å². The molecule has 0 heterocycles. The van der Waals surface area contributed by atoms with E-state index < -0.39 is 11.7 Å². The fourth-order valence-electron chi connectivity index (χ4n) is 1.79. The maximum absolute atomic E-state index is 11.5. The van der Waals surface area contributed by atoms with Gasteiger partial charge < -0.3 is 15.8 Å². The van der Waals surface area contributed by atoms with Crippen LogP contribution in [0.15, 0.2) is 22.7 Å². The molecule has 0 saturated heterocycles. The number of carbonyl (C=O) groups is 1. The number of hydrogen-bond donors (Lipinski definition) is 2. The normalized spacial score (nSPS) is 12.9. The molecule has 0 bridgehead atoms. The molecule has 4 nitrogen and oxygen atoms in total. The summed E-state index contributed by atoms with van der Waals surface area (Å²) in [7, 11) is 0. The molecule has 1 amide bonds. The molecular weight excluding hydrogens is 320 g/mol. The van der Waals surface area contributed by atoms with E-state index in [1.54, 1.807) is 0 Å². The predicted molar refractivity (Wildman–Crippen MR) is 84.7 cm³/mol. The predicted octanol–water partition coefficient (Wildman–Crippen LogP) is 3.67. The number of rotatable bonds is 4. The van der Waals surface area contributed by atoms with Crippen molar-refractivity contribution < 1.29 is 9.53 Å². The minimum Gasteiger partial charge on any atom is -0.444 e. The quantitative estimate of drug-likeness (QED) is 0.877. The van der Waals surface area contributed by atoms with Gasteiger partial charge in [0.25, 0.3) is 0 Å². The molecule has 1 aromatic rings. The van der Waals surface area contributed by atoms with Gasteiger partial charge in [-0.2, -0.15) is 0 Å². The van der Waals surface area contributed by atoms with Gasteiger partial charge in [-0.25, -0.2) is 4.79 Å². The Morgan fingerprint density at radius 2 is 2.05 bits per heavy atom. The second-order valence-corrected chi connectivity index (χ2v) is 6.80. The van der Waals surface area contributed by atoms with Crippen LogP contribution in [0.1, 0.15) is 44.4 Å². The molecular formula is C15H23BrN2O2. The van der Waals surface area contributed by atoms with Gasteiger partial charge in [0.1, 0.15) is 5.60 Å². The molecule has 1 aromatic carbocycles. The van der Waals surface area contributed by atoms with Crippen molar-refractivity contribution in [3.05, 3.63) is 33.8 Å². The first-order chi connectivity index (χ1) is 9.17. The van der Waals surface area contributed by atoms with Crippen molar-refractivity contribution in [3.63, 3.8) is 0 Å². The molecule has 5 heteroatoms. The van der Waals surface area contributed by atoms with Crippen LogP contribution in [0.5, 0.6) is 0 Å². The lowest BCUT2D eigenvalue weighted by Gasteiger charge is -2.20. The number of ether oxygens (including phenoxy) is 1. The molecule has 0 radical (unpaired) electrons. The van der Waals surface area contributed by atoms with Gasteiger partial charge in [0.2, 0.25) is 0 Å². The smallest absolute Gasteiger partial charge is 0.407 e. The number of hydrogen-bond acceptors (Lipinski definition) is 3. The first-order valence-electron chi connectivity index (χ1n) is 6.67. The van der Waals surface area contributed by atoms with Crippen LogP contribution >= 0.6 is 15.9 Å². The van der Waals surface area contributed by atoms with Gasteiger partial charge in [-0.15, -0.1) is 0 Å². The van der Waals surface area contributed by atoms with Gasteiger partial charge >= 0.3 is 6.09 Å². The summed E-state index contributed by atoms with van der Waals surface area (Å²) in [5.74, 6) is 0. The highest BCUT2D eigenvalue weighted by Crippen LogP contribution is 2.21. The van der Waals surface area contributed by atoms with E-state index in [0.29, 0.717) is 13.0 Å². The Morgan fingerprint density at radius 3 is 2.60 bits per heavy atom. The average molecular weight is 343 g/mol. The maximum atomic E-state index is 11.5. The topological polar surface area (TPSA) is 64.3 Å². The van der Waals surface area contributed by atoms with Gasteiger partial charge in [-0.1, -0.05) is 22.0 Å².